The minimum Gasteiger partial charge on any atom is -0.495 e. The SMILES string of the molecule is COc1cc(Cl)c(C)cc1NC(=O)/C(C#N)=C/c1ccccc1OCc1ccccc1. The average molecular weight is 433 g/mol. The maximum atomic E-state index is 12.8. The highest BCUT2D eigenvalue weighted by Crippen LogP contribution is 2.31. The van der Waals surface area contributed by atoms with Crippen LogP contribution in [0, 0.1) is 18.3 Å². The molecule has 0 atom stereocenters. The number of carbonyl (C=O) groups is 1. The molecule has 156 valence electrons. The van der Waals surface area contributed by atoms with Gasteiger partial charge in [0.25, 0.3) is 5.91 Å². The summed E-state index contributed by atoms with van der Waals surface area (Å²) >= 11 is 6.12. The second-order valence-electron chi connectivity index (χ2n) is 6.74. The van der Waals surface area contributed by atoms with E-state index in [1.54, 1.807) is 24.3 Å². The Morgan fingerprint density at radius 2 is 1.81 bits per heavy atom. The number of hydrogen-bond acceptors (Lipinski definition) is 4. The third-order valence-electron chi connectivity index (χ3n) is 4.55. The van der Waals surface area contributed by atoms with Crippen LogP contribution in [-0.4, -0.2) is 13.0 Å². The number of anilines is 1. The van der Waals surface area contributed by atoms with Crippen molar-refractivity contribution in [3.8, 4) is 17.6 Å². The molecule has 0 heterocycles. The molecule has 5 nitrogen and oxygen atoms in total. The van der Waals surface area contributed by atoms with E-state index in [9.17, 15) is 10.1 Å². The minimum absolute atomic E-state index is 0.0644. The van der Waals surface area contributed by atoms with Crippen LogP contribution in [-0.2, 0) is 11.4 Å². The number of nitrogens with zero attached hydrogens (tertiary/aromatic N) is 1. The van der Waals surface area contributed by atoms with Crippen LogP contribution in [0.5, 0.6) is 11.5 Å². The first-order valence-corrected chi connectivity index (χ1v) is 9.92. The van der Waals surface area contributed by atoms with E-state index in [1.807, 2.05) is 55.5 Å². The second-order valence-corrected chi connectivity index (χ2v) is 7.14. The van der Waals surface area contributed by atoms with Gasteiger partial charge in [-0.25, -0.2) is 0 Å². The van der Waals surface area contributed by atoms with Crippen LogP contribution in [0.15, 0.2) is 72.3 Å². The second kappa shape index (κ2) is 10.3. The third-order valence-corrected chi connectivity index (χ3v) is 4.96. The summed E-state index contributed by atoms with van der Waals surface area (Å²) in [7, 11) is 1.48. The molecule has 3 aromatic rings. The van der Waals surface area contributed by atoms with Crippen LogP contribution in [0.2, 0.25) is 5.02 Å². The Morgan fingerprint density at radius 3 is 2.52 bits per heavy atom. The first-order chi connectivity index (χ1) is 15.0. The molecule has 3 rings (SSSR count). The molecule has 1 amide bonds. The number of ether oxygens (including phenoxy) is 2. The Bertz CT molecular complexity index is 1150. The fraction of sp³-hybridized carbons (Fsp3) is 0.120. The lowest BCUT2D eigenvalue weighted by atomic mass is 10.1. The molecule has 0 saturated heterocycles. The molecule has 1 N–H and O–H groups in total. The van der Waals surface area contributed by atoms with E-state index < -0.39 is 5.91 Å². The third kappa shape index (κ3) is 5.65. The van der Waals surface area contributed by atoms with Crippen LogP contribution in [0.1, 0.15) is 16.7 Å². The number of para-hydroxylation sites is 1. The molecule has 31 heavy (non-hydrogen) atoms. The first-order valence-electron chi connectivity index (χ1n) is 9.55. The molecule has 0 aliphatic rings. The Kier molecular flexibility index (Phi) is 7.31. The van der Waals surface area contributed by atoms with Crippen LogP contribution in [0.3, 0.4) is 0 Å². The molecule has 0 fully saturated rings. The van der Waals surface area contributed by atoms with Gasteiger partial charge < -0.3 is 14.8 Å². The summed E-state index contributed by atoms with van der Waals surface area (Å²) < 4.78 is 11.2. The fourth-order valence-electron chi connectivity index (χ4n) is 2.89. The number of methoxy groups -OCH3 is 1. The van der Waals surface area contributed by atoms with E-state index in [0.717, 1.165) is 11.1 Å². The summed E-state index contributed by atoms with van der Waals surface area (Å²) in [5.74, 6) is 0.431. The lowest BCUT2D eigenvalue weighted by Crippen LogP contribution is -2.14. The summed E-state index contributed by atoms with van der Waals surface area (Å²) in [6, 6.07) is 22.3. The number of carbonyl (C=O) groups excluding carboxylic acids is 1. The average Bonchev–Trinajstić information content (AvgIpc) is 2.79. The molecule has 0 aliphatic heterocycles. The highest BCUT2D eigenvalue weighted by Gasteiger charge is 2.15. The van der Waals surface area contributed by atoms with E-state index >= 15 is 0 Å². The van der Waals surface area contributed by atoms with Gasteiger partial charge in [0.05, 0.1) is 12.8 Å². The predicted molar refractivity (Wildman–Crippen MR) is 122 cm³/mol. The van der Waals surface area contributed by atoms with Gasteiger partial charge in [0.1, 0.15) is 29.7 Å². The van der Waals surface area contributed by atoms with E-state index in [-0.39, 0.29) is 5.57 Å². The van der Waals surface area contributed by atoms with E-state index in [1.165, 1.54) is 13.2 Å². The summed E-state index contributed by atoms with van der Waals surface area (Å²) in [6.45, 7) is 2.19. The van der Waals surface area contributed by atoms with Crippen LogP contribution < -0.4 is 14.8 Å². The topological polar surface area (TPSA) is 71.3 Å². The molecule has 0 unspecified atom stereocenters. The largest absolute Gasteiger partial charge is 0.495 e. The van der Waals surface area contributed by atoms with Crippen molar-refractivity contribution < 1.29 is 14.3 Å². The fourth-order valence-corrected chi connectivity index (χ4v) is 3.04. The lowest BCUT2D eigenvalue weighted by molar-refractivity contribution is -0.112. The molecule has 0 saturated carbocycles. The van der Waals surface area contributed by atoms with Crippen molar-refractivity contribution in [1.29, 1.82) is 5.26 Å². The molecular weight excluding hydrogens is 412 g/mol. The summed E-state index contributed by atoms with van der Waals surface area (Å²) in [5.41, 5.74) is 2.80. The highest BCUT2D eigenvalue weighted by molar-refractivity contribution is 6.31. The standard InChI is InChI=1S/C25H21ClN2O3/c1-17-12-22(24(30-2)14-21(17)26)28-25(29)20(15-27)13-19-10-6-7-11-23(19)31-16-18-8-4-3-5-9-18/h3-14H,16H2,1-2H3,(H,28,29)/b20-13+. The van der Waals surface area contributed by atoms with Crippen molar-refractivity contribution >= 4 is 29.3 Å². The van der Waals surface area contributed by atoms with Crippen molar-refractivity contribution in [3.63, 3.8) is 0 Å². The maximum Gasteiger partial charge on any atom is 0.266 e. The maximum absolute atomic E-state index is 12.8. The number of nitriles is 1. The van der Waals surface area contributed by atoms with Gasteiger partial charge in [-0.05, 0) is 36.3 Å². The number of halogens is 1. The Labute approximate surface area is 186 Å². The quantitative estimate of drug-likeness (QED) is 0.379. The molecule has 0 aromatic heterocycles. The number of nitrogens with one attached hydrogen (secondary N) is 1. The van der Waals surface area contributed by atoms with Gasteiger partial charge in [-0.15, -0.1) is 0 Å². The molecule has 3 aromatic carbocycles. The summed E-state index contributed by atoms with van der Waals surface area (Å²) in [5, 5.41) is 12.8. The zero-order valence-corrected chi connectivity index (χ0v) is 17.9. The number of hydrogen-bond donors (Lipinski definition) is 1. The Hall–Kier alpha value is -3.75. The predicted octanol–water partition coefficient (Wildman–Crippen LogP) is 5.78. The minimum atomic E-state index is -0.555. The van der Waals surface area contributed by atoms with E-state index in [2.05, 4.69) is 5.32 Å². The normalized spacial score (nSPS) is 10.8. The molecular formula is C25H21ClN2O3. The zero-order chi connectivity index (χ0) is 22.2. The van der Waals surface area contributed by atoms with Gasteiger partial charge in [0.15, 0.2) is 0 Å². The van der Waals surface area contributed by atoms with Gasteiger partial charge in [0.2, 0.25) is 0 Å². The van der Waals surface area contributed by atoms with E-state index in [4.69, 9.17) is 21.1 Å². The van der Waals surface area contributed by atoms with Gasteiger partial charge in [-0.2, -0.15) is 5.26 Å². The van der Waals surface area contributed by atoms with Crippen molar-refractivity contribution in [2.24, 2.45) is 0 Å². The van der Waals surface area contributed by atoms with Crippen molar-refractivity contribution in [2.75, 3.05) is 12.4 Å². The van der Waals surface area contributed by atoms with Crippen molar-refractivity contribution in [3.05, 3.63) is 94.0 Å². The molecule has 0 radical (unpaired) electrons. The number of benzene rings is 3. The van der Waals surface area contributed by atoms with Crippen molar-refractivity contribution in [1.82, 2.24) is 0 Å². The number of aryl methyl sites for hydroxylation is 1. The molecule has 0 aliphatic carbocycles. The van der Waals surface area contributed by atoms with Gasteiger partial charge in [-0.1, -0.05) is 60.1 Å². The van der Waals surface area contributed by atoms with Gasteiger partial charge >= 0.3 is 0 Å². The monoisotopic (exact) mass is 432 g/mol. The van der Waals surface area contributed by atoms with Crippen molar-refractivity contribution in [2.45, 2.75) is 13.5 Å². The smallest absolute Gasteiger partial charge is 0.266 e. The van der Waals surface area contributed by atoms with Crippen LogP contribution in [0.25, 0.3) is 6.08 Å². The van der Waals surface area contributed by atoms with Gasteiger partial charge in [-0.3, -0.25) is 4.79 Å². The summed E-state index contributed by atoms with van der Waals surface area (Å²) in [6.07, 6.45) is 1.50. The van der Waals surface area contributed by atoms with Crippen LogP contribution in [0.4, 0.5) is 5.69 Å². The lowest BCUT2D eigenvalue weighted by Gasteiger charge is -2.12. The molecule has 0 spiro atoms. The molecule has 0 bridgehead atoms. The summed E-state index contributed by atoms with van der Waals surface area (Å²) in [4.78, 5) is 12.8. The van der Waals surface area contributed by atoms with Gasteiger partial charge in [0, 0.05) is 16.7 Å². The first kappa shape index (κ1) is 21.9. The number of amides is 1. The highest BCUT2D eigenvalue weighted by atomic mass is 35.5. The zero-order valence-electron chi connectivity index (χ0n) is 17.2. The number of rotatable bonds is 7. The van der Waals surface area contributed by atoms with Crippen LogP contribution >= 0.6 is 11.6 Å². The Balaban J connectivity index is 1.83. The molecule has 6 heteroatoms. The Morgan fingerprint density at radius 1 is 1.10 bits per heavy atom. The van der Waals surface area contributed by atoms with E-state index in [0.29, 0.717) is 34.4 Å².